The van der Waals surface area contributed by atoms with E-state index in [1.54, 1.807) is 0 Å². The highest BCUT2D eigenvalue weighted by Gasteiger charge is 2.19. The van der Waals surface area contributed by atoms with E-state index in [1.807, 2.05) is 0 Å². The van der Waals surface area contributed by atoms with Gasteiger partial charge in [-0.3, -0.25) is 0 Å². The van der Waals surface area contributed by atoms with Gasteiger partial charge >= 0.3 is 0 Å². The van der Waals surface area contributed by atoms with E-state index < -0.39 is 0 Å². The molecule has 160 valence electrons. The van der Waals surface area contributed by atoms with Crippen LogP contribution in [0.1, 0.15) is 0 Å². The number of fused-ring (bicyclic) bond motifs is 3. The van der Waals surface area contributed by atoms with Crippen molar-refractivity contribution in [1.29, 1.82) is 0 Å². The minimum absolute atomic E-state index is 1.26. The van der Waals surface area contributed by atoms with Gasteiger partial charge < -0.3 is 0 Å². The van der Waals surface area contributed by atoms with Crippen molar-refractivity contribution in [2.24, 2.45) is 0 Å². The predicted octanol–water partition coefficient (Wildman–Crippen LogP) is 9.51. The number of rotatable bonds is 2. The fourth-order valence-electron chi connectivity index (χ4n) is 4.96. The van der Waals surface area contributed by atoms with Crippen molar-refractivity contribution in [2.75, 3.05) is 0 Å². The maximum Gasteiger partial charge on any atom is -0.00264 e. The molecule has 1 aliphatic rings. The molecule has 0 nitrogen and oxygen atoms in total. The molecule has 0 atom stereocenters. The third-order valence-corrected chi connectivity index (χ3v) is 6.51. The predicted molar refractivity (Wildman–Crippen MR) is 146 cm³/mol. The molecule has 0 N–H and O–H groups in total. The van der Waals surface area contributed by atoms with E-state index in [9.17, 15) is 0 Å². The van der Waals surface area contributed by atoms with Crippen LogP contribution in [0.5, 0.6) is 0 Å². The lowest BCUT2D eigenvalue weighted by molar-refractivity contribution is 1.58. The van der Waals surface area contributed by atoms with Gasteiger partial charge in [-0.25, -0.2) is 0 Å². The summed E-state index contributed by atoms with van der Waals surface area (Å²) >= 11 is 0. The first-order chi connectivity index (χ1) is 16.9. The summed E-state index contributed by atoms with van der Waals surface area (Å²) in [4.78, 5) is 0. The van der Waals surface area contributed by atoms with Crippen LogP contribution in [0.25, 0.3) is 55.3 Å². The summed E-state index contributed by atoms with van der Waals surface area (Å²) in [6.45, 7) is 0. The van der Waals surface area contributed by atoms with Crippen LogP contribution in [0.2, 0.25) is 0 Å². The highest BCUT2D eigenvalue weighted by atomic mass is 14.2. The third kappa shape index (κ3) is 3.60. The third-order valence-electron chi connectivity index (χ3n) is 6.51. The topological polar surface area (TPSA) is 0 Å². The molecule has 0 saturated heterocycles. The lowest BCUT2D eigenvalue weighted by Gasteiger charge is -2.09. The molecule has 1 aliphatic carbocycles. The molecule has 6 aromatic rings. The molecule has 0 amide bonds. The summed E-state index contributed by atoms with van der Waals surface area (Å²) in [5, 5.41) is 2.75. The molecule has 0 heterocycles. The lowest BCUT2D eigenvalue weighted by atomic mass is 9.95. The van der Waals surface area contributed by atoms with Gasteiger partial charge in [0.25, 0.3) is 0 Å². The van der Waals surface area contributed by atoms with Crippen molar-refractivity contribution >= 4 is 10.8 Å². The molecule has 0 fully saturated rings. The van der Waals surface area contributed by atoms with Crippen LogP contribution in [0.15, 0.2) is 146 Å². The minimum atomic E-state index is 1.26. The Labute approximate surface area is 200 Å². The van der Waals surface area contributed by atoms with Gasteiger partial charge in [0.15, 0.2) is 0 Å². The second-order valence-electron chi connectivity index (χ2n) is 8.53. The Morgan fingerprint density at radius 3 is 1.03 bits per heavy atom. The van der Waals surface area contributed by atoms with E-state index in [0.717, 1.165) is 0 Å². The average Bonchev–Trinajstić information content (AvgIpc) is 3.26. The van der Waals surface area contributed by atoms with E-state index in [0.29, 0.717) is 0 Å². The zero-order valence-corrected chi connectivity index (χ0v) is 18.9. The monoisotopic (exact) mass is 432 g/mol. The molecule has 6 aromatic carbocycles. The van der Waals surface area contributed by atoms with E-state index in [2.05, 4.69) is 146 Å². The molecular weight excluding hydrogens is 408 g/mol. The Kier molecular flexibility index (Phi) is 5.26. The van der Waals surface area contributed by atoms with Gasteiger partial charge in [0.05, 0.1) is 0 Å². The second-order valence-corrected chi connectivity index (χ2v) is 8.53. The first kappa shape index (κ1) is 20.2. The maximum absolute atomic E-state index is 2.22. The summed E-state index contributed by atoms with van der Waals surface area (Å²) in [7, 11) is 0. The van der Waals surface area contributed by atoms with E-state index in [4.69, 9.17) is 0 Å². The van der Waals surface area contributed by atoms with Crippen molar-refractivity contribution in [3.63, 3.8) is 0 Å². The summed E-state index contributed by atoms with van der Waals surface area (Å²) in [6.07, 6.45) is 0. The van der Waals surface area contributed by atoms with Gasteiger partial charge in [0, 0.05) is 0 Å². The molecule has 0 saturated carbocycles. The molecule has 0 bridgehead atoms. The van der Waals surface area contributed by atoms with Crippen LogP contribution in [0.4, 0.5) is 0 Å². The Morgan fingerprint density at radius 1 is 0.235 bits per heavy atom. The summed E-state index contributed by atoms with van der Waals surface area (Å²) in [5.41, 5.74) is 10.6. The highest BCUT2D eigenvalue weighted by Crippen LogP contribution is 2.46. The summed E-state index contributed by atoms with van der Waals surface area (Å²) in [6, 6.07) is 51.3. The Hall–Kier alpha value is -4.42. The van der Waals surface area contributed by atoms with Gasteiger partial charge in [-0.15, -0.1) is 0 Å². The van der Waals surface area contributed by atoms with Crippen LogP contribution < -0.4 is 0 Å². The fraction of sp³-hybridized carbons (Fsp3) is 0. The molecule has 0 unspecified atom stereocenters. The van der Waals surface area contributed by atoms with E-state index in [1.165, 1.54) is 55.3 Å². The van der Waals surface area contributed by atoms with Crippen LogP contribution in [0.3, 0.4) is 0 Å². The highest BCUT2D eigenvalue weighted by molar-refractivity contribution is 6.15. The molecule has 0 aliphatic heterocycles. The SMILES string of the molecule is c1ccc(-c2ccccc2-c2ccccc2)cc1.c1ccc2c(c1)-c1cccc3cccc-2c13. The molecule has 34 heavy (non-hydrogen) atoms. The van der Waals surface area contributed by atoms with Crippen molar-refractivity contribution in [2.45, 2.75) is 0 Å². The summed E-state index contributed by atoms with van der Waals surface area (Å²) < 4.78 is 0. The largest absolute Gasteiger partial charge is 0.0622 e. The van der Waals surface area contributed by atoms with Gasteiger partial charge in [0.2, 0.25) is 0 Å². The van der Waals surface area contributed by atoms with Crippen molar-refractivity contribution in [3.8, 4) is 44.5 Å². The lowest BCUT2D eigenvalue weighted by Crippen LogP contribution is -1.83. The number of benzene rings is 6. The van der Waals surface area contributed by atoms with Crippen molar-refractivity contribution in [1.82, 2.24) is 0 Å². The van der Waals surface area contributed by atoms with E-state index >= 15 is 0 Å². The van der Waals surface area contributed by atoms with E-state index in [-0.39, 0.29) is 0 Å². The van der Waals surface area contributed by atoms with Gasteiger partial charge in [-0.05, 0) is 55.3 Å². The zero-order chi connectivity index (χ0) is 22.7. The molecule has 7 rings (SSSR count). The standard InChI is InChI=1S/C18H14.C16H10/c1-3-9-15(10-4-1)17-13-7-8-14-18(17)16-11-5-2-6-12-16;1-2-8-13-12(7-1)14-9-3-5-11-6-4-10-15(13)16(11)14/h1-14H;1-10H. The maximum atomic E-state index is 2.22. The van der Waals surface area contributed by atoms with Crippen LogP contribution >= 0.6 is 0 Å². The molecule has 0 spiro atoms. The Bertz CT molecular complexity index is 1460. The zero-order valence-electron chi connectivity index (χ0n) is 18.9. The Morgan fingerprint density at radius 2 is 0.588 bits per heavy atom. The molecular formula is C34H24. The normalized spacial score (nSPS) is 10.9. The van der Waals surface area contributed by atoms with Crippen molar-refractivity contribution < 1.29 is 0 Å². The number of hydrogen-bond acceptors (Lipinski definition) is 0. The van der Waals surface area contributed by atoms with Crippen LogP contribution in [-0.4, -0.2) is 0 Å². The van der Waals surface area contributed by atoms with Gasteiger partial charge in [-0.2, -0.15) is 0 Å². The first-order valence-corrected chi connectivity index (χ1v) is 11.7. The quantitative estimate of drug-likeness (QED) is 0.255. The fourth-order valence-corrected chi connectivity index (χ4v) is 4.96. The molecule has 0 heteroatoms. The summed E-state index contributed by atoms with van der Waals surface area (Å²) in [5.74, 6) is 0. The minimum Gasteiger partial charge on any atom is -0.0622 e. The number of hydrogen-bond donors (Lipinski definition) is 0. The van der Waals surface area contributed by atoms with Crippen molar-refractivity contribution in [3.05, 3.63) is 146 Å². The molecule has 0 radical (unpaired) electrons. The Balaban J connectivity index is 0.000000128. The first-order valence-electron chi connectivity index (χ1n) is 11.7. The van der Waals surface area contributed by atoms with Crippen LogP contribution in [0, 0.1) is 0 Å². The molecule has 0 aromatic heterocycles. The average molecular weight is 433 g/mol. The smallest absolute Gasteiger partial charge is 0.00264 e. The van der Waals surface area contributed by atoms with Gasteiger partial charge in [0.1, 0.15) is 0 Å². The van der Waals surface area contributed by atoms with Gasteiger partial charge in [-0.1, -0.05) is 146 Å². The van der Waals surface area contributed by atoms with Crippen LogP contribution in [-0.2, 0) is 0 Å². The second kappa shape index (κ2) is 8.84.